The third kappa shape index (κ3) is 1.26. The van der Waals surface area contributed by atoms with Crippen LogP contribution in [0.4, 0.5) is 0 Å². The zero-order chi connectivity index (χ0) is 9.73. The van der Waals surface area contributed by atoms with Gasteiger partial charge in [-0.3, -0.25) is 4.79 Å². The zero-order valence-corrected chi connectivity index (χ0v) is 9.71. The number of Topliss-reactive ketones (excluding diaryl/α,β-unsaturated/α-hetero) is 1. The molecule has 12 heavy (non-hydrogen) atoms. The van der Waals surface area contributed by atoms with Crippen molar-refractivity contribution in [3.05, 3.63) is 10.1 Å². The van der Waals surface area contributed by atoms with E-state index >= 15 is 0 Å². The molecular formula is C5Cl6O. The van der Waals surface area contributed by atoms with Gasteiger partial charge in [-0.05, 0) is 0 Å². The van der Waals surface area contributed by atoms with E-state index in [1.807, 2.05) is 0 Å². The quantitative estimate of drug-likeness (QED) is 0.623. The number of carbonyl (C=O) groups excluding carboxylic acids is 1. The maximum absolute atomic E-state index is 11.1. The highest BCUT2D eigenvalue weighted by molar-refractivity contribution is 6.78. The standard InChI is InChI=1S/C5Cl6O/c6-1-2(7)4(8,9)5(10,11)3(1)12. The lowest BCUT2D eigenvalue weighted by atomic mass is 10.3. The van der Waals surface area contributed by atoms with Crippen LogP contribution >= 0.6 is 69.6 Å². The molecule has 0 atom stereocenters. The molecule has 0 N–H and O–H groups in total. The number of allylic oxidation sites excluding steroid dienone is 2. The number of halogens is 6. The van der Waals surface area contributed by atoms with Gasteiger partial charge >= 0.3 is 0 Å². The van der Waals surface area contributed by atoms with Crippen molar-refractivity contribution in [3.63, 3.8) is 0 Å². The Morgan fingerprint density at radius 3 is 1.42 bits per heavy atom. The maximum Gasteiger partial charge on any atom is 0.219 e. The van der Waals surface area contributed by atoms with Crippen LogP contribution in [0.1, 0.15) is 0 Å². The minimum Gasteiger partial charge on any atom is -0.290 e. The van der Waals surface area contributed by atoms with Crippen molar-refractivity contribution in [3.8, 4) is 0 Å². The fourth-order valence-electron chi connectivity index (χ4n) is 0.656. The molecule has 1 aliphatic carbocycles. The third-order valence-electron chi connectivity index (χ3n) is 1.35. The van der Waals surface area contributed by atoms with Gasteiger partial charge in [-0.2, -0.15) is 0 Å². The molecule has 68 valence electrons. The molecule has 0 heterocycles. The molecule has 1 nitrogen and oxygen atoms in total. The second-order valence-electron chi connectivity index (χ2n) is 2.11. The molecule has 0 saturated heterocycles. The minimum atomic E-state index is -2.01. The van der Waals surface area contributed by atoms with Crippen LogP contribution in [0.25, 0.3) is 0 Å². The van der Waals surface area contributed by atoms with Crippen LogP contribution in [-0.2, 0) is 4.79 Å². The van der Waals surface area contributed by atoms with Gasteiger partial charge < -0.3 is 0 Å². The first-order valence-corrected chi connectivity index (χ1v) is 4.86. The van der Waals surface area contributed by atoms with Gasteiger partial charge in [0.15, 0.2) is 4.33 Å². The van der Waals surface area contributed by atoms with Crippen molar-refractivity contribution in [2.24, 2.45) is 0 Å². The molecule has 0 saturated carbocycles. The average molecular weight is 289 g/mol. The molecule has 0 bridgehead atoms. The van der Waals surface area contributed by atoms with Crippen LogP contribution in [0.2, 0.25) is 0 Å². The summed E-state index contributed by atoms with van der Waals surface area (Å²) < 4.78 is -3.88. The van der Waals surface area contributed by atoms with Crippen LogP contribution in [0, 0.1) is 0 Å². The Morgan fingerprint density at radius 1 is 0.917 bits per heavy atom. The summed E-state index contributed by atoms with van der Waals surface area (Å²) in [7, 11) is 0. The smallest absolute Gasteiger partial charge is 0.219 e. The third-order valence-corrected chi connectivity index (χ3v) is 4.71. The average Bonchev–Trinajstić information content (AvgIpc) is 2.05. The van der Waals surface area contributed by atoms with E-state index in [0.29, 0.717) is 0 Å². The SMILES string of the molecule is O=C1C(Cl)=C(Cl)C(Cl)(Cl)C1(Cl)Cl. The van der Waals surface area contributed by atoms with Gasteiger partial charge in [0, 0.05) is 0 Å². The highest BCUT2D eigenvalue weighted by atomic mass is 35.5. The van der Waals surface area contributed by atoms with Gasteiger partial charge in [0.05, 0.1) is 5.03 Å². The van der Waals surface area contributed by atoms with Crippen molar-refractivity contribution < 1.29 is 4.79 Å². The molecule has 0 aromatic carbocycles. The predicted molar refractivity (Wildman–Crippen MR) is 52.6 cm³/mol. The predicted octanol–water partition coefficient (Wildman–Crippen LogP) is 3.61. The van der Waals surface area contributed by atoms with Crippen molar-refractivity contribution in [2.45, 2.75) is 8.67 Å². The molecule has 0 aromatic rings. The van der Waals surface area contributed by atoms with E-state index in [-0.39, 0.29) is 10.1 Å². The fraction of sp³-hybridized carbons (Fsp3) is 0.400. The molecule has 0 unspecified atom stereocenters. The van der Waals surface area contributed by atoms with Gasteiger partial charge in [0.2, 0.25) is 10.1 Å². The normalized spacial score (nSPS) is 26.7. The second kappa shape index (κ2) is 3.08. The van der Waals surface area contributed by atoms with E-state index in [0.717, 1.165) is 0 Å². The molecule has 0 spiro atoms. The van der Waals surface area contributed by atoms with Crippen LogP contribution < -0.4 is 0 Å². The van der Waals surface area contributed by atoms with Crippen LogP contribution in [0.5, 0.6) is 0 Å². The Hall–Kier alpha value is 1.15. The Labute approximate surface area is 98.5 Å². The second-order valence-corrected chi connectivity index (χ2v) is 5.52. The van der Waals surface area contributed by atoms with Gasteiger partial charge in [0.25, 0.3) is 0 Å². The van der Waals surface area contributed by atoms with Crippen molar-refractivity contribution in [1.29, 1.82) is 0 Å². The lowest BCUT2D eigenvalue weighted by Crippen LogP contribution is -2.37. The van der Waals surface area contributed by atoms with Crippen LogP contribution in [-0.4, -0.2) is 14.4 Å². The Balaban J connectivity index is 3.31. The molecule has 0 radical (unpaired) electrons. The van der Waals surface area contributed by atoms with E-state index in [1.54, 1.807) is 0 Å². The van der Waals surface area contributed by atoms with Crippen LogP contribution in [0.3, 0.4) is 0 Å². The summed E-state index contributed by atoms with van der Waals surface area (Å²) in [5.74, 6) is -0.789. The minimum absolute atomic E-state index is 0.248. The van der Waals surface area contributed by atoms with Gasteiger partial charge in [0.1, 0.15) is 5.03 Å². The summed E-state index contributed by atoms with van der Waals surface area (Å²) in [6.07, 6.45) is 0. The molecule has 7 heteroatoms. The summed E-state index contributed by atoms with van der Waals surface area (Å²) in [6, 6.07) is 0. The molecule has 0 aliphatic heterocycles. The first-order chi connectivity index (χ1) is 5.23. The Bertz CT molecular complexity index is 278. The van der Waals surface area contributed by atoms with Crippen molar-refractivity contribution in [1.82, 2.24) is 0 Å². The van der Waals surface area contributed by atoms with Crippen LogP contribution in [0.15, 0.2) is 10.1 Å². The van der Waals surface area contributed by atoms with Crippen molar-refractivity contribution in [2.75, 3.05) is 0 Å². The lowest BCUT2D eigenvalue weighted by molar-refractivity contribution is -0.115. The topological polar surface area (TPSA) is 17.1 Å². The summed E-state index contributed by atoms with van der Waals surface area (Å²) in [5, 5.41) is -0.575. The number of ketones is 1. The zero-order valence-electron chi connectivity index (χ0n) is 5.18. The van der Waals surface area contributed by atoms with E-state index in [2.05, 4.69) is 0 Å². The Kier molecular flexibility index (Phi) is 2.88. The molecule has 1 rings (SSSR count). The van der Waals surface area contributed by atoms with E-state index in [4.69, 9.17) is 69.6 Å². The maximum atomic E-state index is 11.1. The first-order valence-electron chi connectivity index (χ1n) is 2.59. The Morgan fingerprint density at radius 2 is 1.33 bits per heavy atom. The molecule has 0 amide bonds. The monoisotopic (exact) mass is 286 g/mol. The van der Waals surface area contributed by atoms with Gasteiger partial charge in [-0.25, -0.2) is 0 Å². The fourth-order valence-corrected chi connectivity index (χ4v) is 2.20. The number of rotatable bonds is 0. The van der Waals surface area contributed by atoms with E-state index in [9.17, 15) is 4.79 Å². The highest BCUT2D eigenvalue weighted by Gasteiger charge is 2.62. The van der Waals surface area contributed by atoms with E-state index < -0.39 is 14.4 Å². The molecule has 0 fully saturated rings. The highest BCUT2D eigenvalue weighted by Crippen LogP contribution is 2.56. The number of alkyl halides is 4. The number of hydrogen-bond donors (Lipinski definition) is 0. The largest absolute Gasteiger partial charge is 0.290 e. The molecule has 0 aromatic heterocycles. The molecule has 1 aliphatic rings. The first kappa shape index (κ1) is 11.2. The summed E-state index contributed by atoms with van der Waals surface area (Å²) in [5.41, 5.74) is 0. The van der Waals surface area contributed by atoms with Gasteiger partial charge in [-0.1, -0.05) is 69.6 Å². The van der Waals surface area contributed by atoms with Gasteiger partial charge in [-0.15, -0.1) is 0 Å². The summed E-state index contributed by atoms with van der Waals surface area (Å²) in [6.45, 7) is 0. The molecular weight excluding hydrogens is 289 g/mol. The van der Waals surface area contributed by atoms with Crippen molar-refractivity contribution >= 4 is 75.4 Å². The van der Waals surface area contributed by atoms with E-state index in [1.165, 1.54) is 0 Å². The lowest BCUT2D eigenvalue weighted by Gasteiger charge is -2.23. The summed E-state index contributed by atoms with van der Waals surface area (Å²) in [4.78, 5) is 11.1. The number of carbonyl (C=O) groups is 1. The summed E-state index contributed by atoms with van der Waals surface area (Å²) >= 11 is 33.3. The number of hydrogen-bond acceptors (Lipinski definition) is 1.